The molecular formula is C24H27N3O5S. The average Bonchev–Trinajstić information content (AvgIpc) is 2.81. The number of anilines is 3. The van der Waals surface area contributed by atoms with Crippen molar-refractivity contribution in [2.24, 2.45) is 0 Å². The number of amides is 1. The summed E-state index contributed by atoms with van der Waals surface area (Å²) in [5.41, 5.74) is 1.61. The first-order valence-corrected chi connectivity index (χ1v) is 11.8. The Morgan fingerprint density at radius 2 is 1.64 bits per heavy atom. The molecule has 0 aromatic heterocycles. The quantitative estimate of drug-likeness (QED) is 0.466. The first-order valence-electron chi connectivity index (χ1n) is 10.3. The van der Waals surface area contributed by atoms with Crippen LogP contribution in [0.4, 0.5) is 17.1 Å². The highest BCUT2D eigenvalue weighted by Gasteiger charge is 2.21. The molecule has 0 saturated carbocycles. The molecule has 8 nitrogen and oxygen atoms in total. The summed E-state index contributed by atoms with van der Waals surface area (Å²) < 4.78 is 39.2. The van der Waals surface area contributed by atoms with Crippen LogP contribution >= 0.6 is 0 Å². The van der Waals surface area contributed by atoms with Crippen molar-refractivity contribution in [1.82, 2.24) is 0 Å². The van der Waals surface area contributed by atoms with Crippen LogP contribution in [0.25, 0.3) is 0 Å². The first-order chi connectivity index (χ1) is 15.8. The second-order valence-corrected chi connectivity index (χ2v) is 8.82. The van der Waals surface area contributed by atoms with Crippen LogP contribution in [0.15, 0.2) is 77.7 Å². The lowest BCUT2D eigenvalue weighted by atomic mass is 10.3. The van der Waals surface area contributed by atoms with Gasteiger partial charge in [-0.2, -0.15) is 0 Å². The van der Waals surface area contributed by atoms with E-state index in [1.54, 1.807) is 42.3 Å². The summed E-state index contributed by atoms with van der Waals surface area (Å²) >= 11 is 0. The molecule has 3 aromatic rings. The molecule has 33 heavy (non-hydrogen) atoms. The van der Waals surface area contributed by atoms with Gasteiger partial charge in [0, 0.05) is 24.1 Å². The molecule has 0 saturated heterocycles. The topological polar surface area (TPSA) is 97.0 Å². The lowest BCUT2D eigenvalue weighted by Crippen LogP contribution is -2.30. The molecule has 3 aromatic carbocycles. The molecule has 0 unspecified atom stereocenters. The van der Waals surface area contributed by atoms with Gasteiger partial charge in [-0.05, 0) is 61.5 Å². The molecule has 0 bridgehead atoms. The summed E-state index contributed by atoms with van der Waals surface area (Å²) in [4.78, 5) is 14.2. The van der Waals surface area contributed by atoms with Gasteiger partial charge in [-0.15, -0.1) is 0 Å². The lowest BCUT2D eigenvalue weighted by molar-refractivity contribution is -0.114. The Morgan fingerprint density at radius 3 is 2.27 bits per heavy atom. The van der Waals surface area contributed by atoms with Gasteiger partial charge >= 0.3 is 0 Å². The maximum absolute atomic E-state index is 13.0. The second kappa shape index (κ2) is 10.7. The van der Waals surface area contributed by atoms with E-state index in [0.717, 1.165) is 5.69 Å². The van der Waals surface area contributed by atoms with E-state index >= 15 is 0 Å². The molecule has 0 heterocycles. The third kappa shape index (κ3) is 6.39. The van der Waals surface area contributed by atoms with Crippen LogP contribution in [-0.4, -0.2) is 41.6 Å². The van der Waals surface area contributed by atoms with E-state index in [9.17, 15) is 13.2 Å². The Kier molecular flexibility index (Phi) is 7.78. The van der Waals surface area contributed by atoms with Crippen LogP contribution in [0.2, 0.25) is 0 Å². The smallest absolute Gasteiger partial charge is 0.265 e. The summed E-state index contributed by atoms with van der Waals surface area (Å²) in [5, 5.41) is 2.75. The maximum Gasteiger partial charge on any atom is 0.265 e. The van der Waals surface area contributed by atoms with Crippen molar-refractivity contribution in [3.63, 3.8) is 0 Å². The molecule has 0 spiro atoms. The summed E-state index contributed by atoms with van der Waals surface area (Å²) in [6.07, 6.45) is 0. The highest BCUT2D eigenvalue weighted by molar-refractivity contribution is 7.92. The van der Waals surface area contributed by atoms with E-state index in [1.165, 1.54) is 19.2 Å². The number of likely N-dealkylation sites (N-methyl/N-ethyl adjacent to an activating group) is 1. The highest BCUT2D eigenvalue weighted by atomic mass is 32.2. The fraction of sp³-hybridized carbons (Fsp3) is 0.208. The van der Waals surface area contributed by atoms with Crippen molar-refractivity contribution in [3.8, 4) is 11.5 Å². The Labute approximate surface area is 194 Å². The summed E-state index contributed by atoms with van der Waals surface area (Å²) in [7, 11) is -0.791. The van der Waals surface area contributed by atoms with Crippen LogP contribution < -0.4 is 24.4 Å². The van der Waals surface area contributed by atoms with Gasteiger partial charge in [-0.3, -0.25) is 9.52 Å². The monoisotopic (exact) mass is 469 g/mol. The predicted octanol–water partition coefficient (Wildman–Crippen LogP) is 3.97. The van der Waals surface area contributed by atoms with Crippen molar-refractivity contribution < 1.29 is 22.7 Å². The maximum atomic E-state index is 13.0. The minimum absolute atomic E-state index is 0.0897. The number of rotatable bonds is 10. The second-order valence-electron chi connectivity index (χ2n) is 7.17. The van der Waals surface area contributed by atoms with Crippen LogP contribution in [-0.2, 0) is 14.8 Å². The number of para-hydroxylation sites is 1. The number of hydrogen-bond acceptors (Lipinski definition) is 6. The van der Waals surface area contributed by atoms with Crippen LogP contribution in [0, 0.1) is 0 Å². The zero-order valence-corrected chi connectivity index (χ0v) is 19.6. The molecule has 0 aliphatic carbocycles. The fourth-order valence-corrected chi connectivity index (χ4v) is 4.40. The Bertz CT molecular complexity index is 1180. The van der Waals surface area contributed by atoms with Crippen molar-refractivity contribution in [2.75, 3.05) is 42.2 Å². The SMILES string of the molecule is CCOc1ccc(NS(=O)(=O)c2cc(NC(=O)CN(C)c3ccccc3)ccc2OC)cc1. The zero-order chi connectivity index (χ0) is 23.8. The molecule has 0 aliphatic rings. The number of benzene rings is 3. The van der Waals surface area contributed by atoms with E-state index < -0.39 is 10.0 Å². The predicted molar refractivity (Wildman–Crippen MR) is 130 cm³/mol. The summed E-state index contributed by atoms with van der Waals surface area (Å²) in [5.74, 6) is 0.519. The normalized spacial score (nSPS) is 10.9. The van der Waals surface area contributed by atoms with Crippen molar-refractivity contribution in [3.05, 3.63) is 72.8 Å². The molecule has 9 heteroatoms. The largest absolute Gasteiger partial charge is 0.495 e. The number of nitrogens with zero attached hydrogens (tertiary/aromatic N) is 1. The van der Waals surface area contributed by atoms with E-state index in [1.807, 2.05) is 37.3 Å². The van der Waals surface area contributed by atoms with Crippen LogP contribution in [0.3, 0.4) is 0 Å². The van der Waals surface area contributed by atoms with Gasteiger partial charge in [-0.1, -0.05) is 18.2 Å². The molecular weight excluding hydrogens is 442 g/mol. The Hall–Kier alpha value is -3.72. The Morgan fingerprint density at radius 1 is 0.970 bits per heavy atom. The van der Waals surface area contributed by atoms with Gasteiger partial charge in [0.05, 0.1) is 20.3 Å². The molecule has 3 rings (SSSR count). The number of ether oxygens (including phenoxy) is 2. The molecule has 0 radical (unpaired) electrons. The third-order valence-electron chi connectivity index (χ3n) is 4.73. The van der Waals surface area contributed by atoms with Gasteiger partial charge in [-0.25, -0.2) is 8.42 Å². The van der Waals surface area contributed by atoms with Gasteiger partial charge in [0.15, 0.2) is 0 Å². The minimum atomic E-state index is -3.98. The van der Waals surface area contributed by atoms with Crippen molar-refractivity contribution >= 4 is 33.0 Å². The first kappa shape index (κ1) is 23.9. The zero-order valence-electron chi connectivity index (χ0n) is 18.7. The molecule has 0 atom stereocenters. The minimum Gasteiger partial charge on any atom is -0.495 e. The summed E-state index contributed by atoms with van der Waals surface area (Å²) in [6, 6.07) is 20.5. The van der Waals surface area contributed by atoms with E-state index in [-0.39, 0.29) is 23.1 Å². The van der Waals surface area contributed by atoms with E-state index in [0.29, 0.717) is 23.7 Å². The van der Waals surface area contributed by atoms with Crippen molar-refractivity contribution in [1.29, 1.82) is 0 Å². The van der Waals surface area contributed by atoms with Crippen LogP contribution in [0.1, 0.15) is 6.92 Å². The number of carbonyl (C=O) groups is 1. The van der Waals surface area contributed by atoms with Gasteiger partial charge in [0.2, 0.25) is 5.91 Å². The standard InChI is InChI=1S/C24H27N3O5S/c1-4-32-21-13-10-18(11-14-21)26-33(29,30)23-16-19(12-15-22(23)31-3)25-24(28)17-27(2)20-8-6-5-7-9-20/h5-16,26H,4,17H2,1-3H3,(H,25,28). The average molecular weight is 470 g/mol. The molecule has 0 aliphatic heterocycles. The molecule has 174 valence electrons. The lowest BCUT2D eigenvalue weighted by Gasteiger charge is -2.19. The van der Waals surface area contributed by atoms with Gasteiger partial charge < -0.3 is 19.7 Å². The van der Waals surface area contributed by atoms with Gasteiger partial charge in [0.25, 0.3) is 10.0 Å². The number of nitrogens with one attached hydrogen (secondary N) is 2. The fourth-order valence-electron chi connectivity index (χ4n) is 3.15. The number of hydrogen-bond donors (Lipinski definition) is 2. The van der Waals surface area contributed by atoms with E-state index in [2.05, 4.69) is 10.0 Å². The third-order valence-corrected chi connectivity index (χ3v) is 6.13. The molecule has 0 fully saturated rings. The number of sulfonamides is 1. The molecule has 2 N–H and O–H groups in total. The Balaban J connectivity index is 1.76. The van der Waals surface area contributed by atoms with E-state index in [4.69, 9.17) is 9.47 Å². The number of methoxy groups -OCH3 is 1. The molecule has 1 amide bonds. The van der Waals surface area contributed by atoms with Crippen molar-refractivity contribution in [2.45, 2.75) is 11.8 Å². The summed E-state index contributed by atoms with van der Waals surface area (Å²) in [6.45, 7) is 2.48. The number of carbonyl (C=O) groups excluding carboxylic acids is 1. The van der Waals surface area contributed by atoms with Crippen LogP contribution in [0.5, 0.6) is 11.5 Å². The van der Waals surface area contributed by atoms with Gasteiger partial charge in [0.1, 0.15) is 16.4 Å². The highest BCUT2D eigenvalue weighted by Crippen LogP contribution is 2.29.